The number of anilines is 1. The highest BCUT2D eigenvalue weighted by Crippen LogP contribution is 2.18. The summed E-state index contributed by atoms with van der Waals surface area (Å²) in [6.45, 7) is 6.64. The Kier molecular flexibility index (Phi) is 7.70. The third-order valence-corrected chi connectivity index (χ3v) is 5.05. The van der Waals surface area contributed by atoms with E-state index in [2.05, 4.69) is 17.2 Å². The summed E-state index contributed by atoms with van der Waals surface area (Å²) >= 11 is 0. The van der Waals surface area contributed by atoms with Crippen molar-refractivity contribution < 1.29 is 4.39 Å². The van der Waals surface area contributed by atoms with E-state index in [-0.39, 0.29) is 5.82 Å². The molecule has 0 bridgehead atoms. The molecule has 0 amide bonds. The maximum Gasteiger partial charge on any atom is 0.126 e. The van der Waals surface area contributed by atoms with Gasteiger partial charge in [-0.3, -0.25) is 0 Å². The molecule has 164 valence electrons. The summed E-state index contributed by atoms with van der Waals surface area (Å²) in [5.74, 6) is 0.304. The topological polar surface area (TPSA) is 76.1 Å². The second-order valence-electron chi connectivity index (χ2n) is 7.43. The van der Waals surface area contributed by atoms with Gasteiger partial charge in [-0.15, -0.1) is 0 Å². The molecule has 32 heavy (non-hydrogen) atoms. The summed E-state index contributed by atoms with van der Waals surface area (Å²) in [5.41, 5.74) is 18.0. The van der Waals surface area contributed by atoms with Gasteiger partial charge in [0.2, 0.25) is 0 Å². The Morgan fingerprint density at radius 1 is 0.938 bits per heavy atom. The SMILES string of the molecule is C=C(NCc1ccc(F)c(CC)c1)c1cccc(N/C(N)=C/C=C(\N)c2ccccc2)c1. The number of aryl methyl sites for hydroxylation is 1. The molecule has 0 aromatic heterocycles. The van der Waals surface area contributed by atoms with Crippen LogP contribution in [0.5, 0.6) is 0 Å². The van der Waals surface area contributed by atoms with Crippen LogP contribution < -0.4 is 22.1 Å². The fraction of sp³-hybridized carbons (Fsp3) is 0.111. The molecular formula is C27H29FN4. The van der Waals surface area contributed by atoms with E-state index in [1.54, 1.807) is 18.2 Å². The first-order chi connectivity index (χ1) is 15.5. The Hall–Kier alpha value is -3.99. The van der Waals surface area contributed by atoms with Crippen molar-refractivity contribution in [3.63, 3.8) is 0 Å². The molecule has 0 aliphatic carbocycles. The third-order valence-electron chi connectivity index (χ3n) is 5.05. The lowest BCUT2D eigenvalue weighted by atomic mass is 10.1. The van der Waals surface area contributed by atoms with Crippen LogP contribution in [0.2, 0.25) is 0 Å². The van der Waals surface area contributed by atoms with Crippen molar-refractivity contribution in [1.29, 1.82) is 0 Å². The highest BCUT2D eigenvalue weighted by Gasteiger charge is 2.04. The Balaban J connectivity index is 1.62. The van der Waals surface area contributed by atoms with Crippen molar-refractivity contribution in [3.8, 4) is 0 Å². The minimum atomic E-state index is -0.167. The van der Waals surface area contributed by atoms with Crippen molar-refractivity contribution in [2.45, 2.75) is 19.9 Å². The standard InChI is InChI=1S/C27H29FN4/c1-3-21-16-20(12-13-25(21)28)18-31-19(2)23-10-7-11-24(17-23)32-27(30)15-14-26(29)22-8-5-4-6-9-22/h4-17,31-32H,2-3,18,29-30H2,1H3/b26-14-,27-15+. The summed E-state index contributed by atoms with van der Waals surface area (Å²) in [6, 6.07) is 22.7. The van der Waals surface area contributed by atoms with Crippen LogP contribution in [0.25, 0.3) is 11.4 Å². The maximum absolute atomic E-state index is 13.7. The summed E-state index contributed by atoms with van der Waals surface area (Å²) in [6.07, 6.45) is 4.17. The zero-order chi connectivity index (χ0) is 22.9. The molecule has 0 atom stereocenters. The van der Waals surface area contributed by atoms with Gasteiger partial charge in [0.25, 0.3) is 0 Å². The molecule has 0 heterocycles. The molecule has 0 fully saturated rings. The fourth-order valence-corrected chi connectivity index (χ4v) is 3.22. The van der Waals surface area contributed by atoms with Crippen LogP contribution in [-0.4, -0.2) is 0 Å². The second-order valence-corrected chi connectivity index (χ2v) is 7.43. The van der Waals surface area contributed by atoms with Gasteiger partial charge < -0.3 is 22.1 Å². The lowest BCUT2D eigenvalue weighted by molar-refractivity contribution is 0.611. The number of rotatable bonds is 9. The van der Waals surface area contributed by atoms with Gasteiger partial charge in [-0.25, -0.2) is 4.39 Å². The highest BCUT2D eigenvalue weighted by molar-refractivity contribution is 5.67. The van der Waals surface area contributed by atoms with Crippen LogP contribution in [0, 0.1) is 5.82 Å². The molecular weight excluding hydrogens is 399 g/mol. The molecule has 3 aromatic carbocycles. The minimum Gasteiger partial charge on any atom is -0.398 e. The number of hydrogen-bond donors (Lipinski definition) is 4. The predicted octanol–water partition coefficient (Wildman–Crippen LogP) is 5.36. The average Bonchev–Trinajstić information content (AvgIpc) is 2.82. The van der Waals surface area contributed by atoms with Crippen LogP contribution in [-0.2, 0) is 13.0 Å². The number of nitrogens with one attached hydrogen (secondary N) is 2. The summed E-state index contributed by atoms with van der Waals surface area (Å²) < 4.78 is 13.7. The average molecular weight is 429 g/mol. The second kappa shape index (κ2) is 10.9. The lowest BCUT2D eigenvalue weighted by Crippen LogP contribution is -2.12. The van der Waals surface area contributed by atoms with Crippen molar-refractivity contribution in [2.24, 2.45) is 11.5 Å². The fourth-order valence-electron chi connectivity index (χ4n) is 3.22. The number of halogens is 1. The Morgan fingerprint density at radius 2 is 1.69 bits per heavy atom. The lowest BCUT2D eigenvalue weighted by Gasteiger charge is -2.13. The summed E-state index contributed by atoms with van der Waals surface area (Å²) in [7, 11) is 0. The van der Waals surface area contributed by atoms with Crippen LogP contribution in [0.3, 0.4) is 0 Å². The van der Waals surface area contributed by atoms with E-state index in [0.29, 0.717) is 30.0 Å². The Labute approximate surface area is 189 Å². The molecule has 4 nitrogen and oxygen atoms in total. The van der Waals surface area contributed by atoms with Gasteiger partial charge in [-0.1, -0.05) is 68.1 Å². The van der Waals surface area contributed by atoms with Crippen LogP contribution in [0.1, 0.15) is 29.2 Å². The zero-order valence-corrected chi connectivity index (χ0v) is 18.2. The molecule has 3 rings (SSSR count). The first-order valence-corrected chi connectivity index (χ1v) is 10.5. The number of benzene rings is 3. The van der Waals surface area contributed by atoms with Gasteiger partial charge in [-0.05, 0) is 59.0 Å². The van der Waals surface area contributed by atoms with E-state index < -0.39 is 0 Å². The van der Waals surface area contributed by atoms with E-state index in [1.165, 1.54) is 6.07 Å². The highest BCUT2D eigenvalue weighted by atomic mass is 19.1. The quantitative estimate of drug-likeness (QED) is 0.346. The van der Waals surface area contributed by atoms with Gasteiger partial charge in [-0.2, -0.15) is 0 Å². The van der Waals surface area contributed by atoms with Gasteiger partial charge >= 0.3 is 0 Å². The number of allylic oxidation sites excluding steroid dienone is 2. The van der Waals surface area contributed by atoms with Crippen LogP contribution >= 0.6 is 0 Å². The molecule has 0 saturated heterocycles. The van der Waals surface area contributed by atoms with Crippen molar-refractivity contribution in [2.75, 3.05) is 5.32 Å². The Bertz CT molecular complexity index is 1130. The van der Waals surface area contributed by atoms with Gasteiger partial charge in [0.15, 0.2) is 0 Å². The van der Waals surface area contributed by atoms with E-state index >= 15 is 0 Å². The van der Waals surface area contributed by atoms with E-state index in [1.807, 2.05) is 67.6 Å². The minimum absolute atomic E-state index is 0.167. The van der Waals surface area contributed by atoms with Crippen molar-refractivity contribution in [3.05, 3.63) is 125 Å². The summed E-state index contributed by atoms with van der Waals surface area (Å²) in [4.78, 5) is 0. The molecule has 0 unspecified atom stereocenters. The van der Waals surface area contributed by atoms with E-state index in [4.69, 9.17) is 11.5 Å². The maximum atomic E-state index is 13.7. The first kappa shape index (κ1) is 22.7. The molecule has 6 N–H and O–H groups in total. The van der Waals surface area contributed by atoms with Crippen molar-refractivity contribution in [1.82, 2.24) is 5.32 Å². The number of hydrogen-bond acceptors (Lipinski definition) is 4. The van der Waals surface area contributed by atoms with Crippen LogP contribution in [0.15, 0.2) is 97.3 Å². The normalized spacial score (nSPS) is 11.8. The van der Waals surface area contributed by atoms with Gasteiger partial charge in [0.1, 0.15) is 11.6 Å². The largest absolute Gasteiger partial charge is 0.398 e. The molecule has 0 saturated carbocycles. The number of nitrogens with two attached hydrogens (primary N) is 2. The smallest absolute Gasteiger partial charge is 0.126 e. The van der Waals surface area contributed by atoms with E-state index in [9.17, 15) is 4.39 Å². The monoisotopic (exact) mass is 428 g/mol. The van der Waals surface area contributed by atoms with E-state index in [0.717, 1.165) is 28.1 Å². The molecule has 0 aliphatic heterocycles. The summed E-state index contributed by atoms with van der Waals surface area (Å²) in [5, 5.41) is 6.48. The molecule has 0 aliphatic rings. The zero-order valence-electron chi connectivity index (χ0n) is 18.2. The predicted molar refractivity (Wildman–Crippen MR) is 133 cm³/mol. The molecule has 0 spiro atoms. The third kappa shape index (κ3) is 6.25. The van der Waals surface area contributed by atoms with Gasteiger partial charge in [0.05, 0.1) is 0 Å². The van der Waals surface area contributed by atoms with Crippen molar-refractivity contribution >= 4 is 17.1 Å². The van der Waals surface area contributed by atoms with Gasteiger partial charge in [0, 0.05) is 23.6 Å². The Morgan fingerprint density at radius 3 is 2.44 bits per heavy atom. The molecule has 0 radical (unpaired) electrons. The molecule has 3 aromatic rings. The first-order valence-electron chi connectivity index (χ1n) is 10.5. The van der Waals surface area contributed by atoms with Crippen LogP contribution in [0.4, 0.5) is 10.1 Å². The molecule has 5 heteroatoms.